The van der Waals surface area contributed by atoms with Gasteiger partial charge in [0, 0.05) is 31.1 Å². The van der Waals surface area contributed by atoms with Gasteiger partial charge in [0.1, 0.15) is 22.7 Å². The van der Waals surface area contributed by atoms with E-state index in [9.17, 15) is 23.9 Å². The number of carbonyl (C=O) groups is 1. The second-order valence-corrected chi connectivity index (χ2v) is 9.60. The fourth-order valence-electron chi connectivity index (χ4n) is 3.93. The van der Waals surface area contributed by atoms with Crippen LogP contribution in [0.5, 0.6) is 5.75 Å². The molecule has 1 saturated heterocycles. The molecule has 0 aliphatic carbocycles. The summed E-state index contributed by atoms with van der Waals surface area (Å²) in [5, 5.41) is 9.83. The van der Waals surface area contributed by atoms with Gasteiger partial charge in [-0.15, -0.1) is 0 Å². The molecule has 34 heavy (non-hydrogen) atoms. The van der Waals surface area contributed by atoms with Crippen LogP contribution in [0, 0.1) is 17.6 Å². The number of carbonyl (C=O) groups excluding carboxylic acids is 1. The van der Waals surface area contributed by atoms with Crippen molar-refractivity contribution in [1.82, 2.24) is 14.5 Å². The molecular formula is C23H22ClF2N3O5. The van der Waals surface area contributed by atoms with E-state index in [2.05, 4.69) is 4.98 Å². The van der Waals surface area contributed by atoms with Gasteiger partial charge in [-0.25, -0.2) is 13.6 Å². The van der Waals surface area contributed by atoms with Gasteiger partial charge in [0.2, 0.25) is 0 Å². The fraction of sp³-hybridized carbons (Fsp3) is 0.348. The van der Waals surface area contributed by atoms with Crippen molar-refractivity contribution in [2.45, 2.75) is 32.9 Å². The second kappa shape index (κ2) is 8.43. The normalized spacial score (nSPS) is 14.4. The maximum absolute atomic E-state index is 15.5. The monoisotopic (exact) mass is 493 g/mol. The molecule has 0 saturated carbocycles. The quantitative estimate of drug-likeness (QED) is 0.539. The molecule has 0 radical (unpaired) electrons. The molecule has 0 bridgehead atoms. The van der Waals surface area contributed by atoms with E-state index >= 15 is 4.39 Å². The van der Waals surface area contributed by atoms with Crippen LogP contribution in [0.3, 0.4) is 0 Å². The van der Waals surface area contributed by atoms with E-state index in [0.717, 1.165) is 10.6 Å². The Morgan fingerprint density at radius 1 is 1.24 bits per heavy atom. The lowest BCUT2D eigenvalue weighted by Crippen LogP contribution is -2.54. The highest BCUT2D eigenvalue weighted by Gasteiger charge is 2.34. The van der Waals surface area contributed by atoms with E-state index in [0.29, 0.717) is 0 Å². The molecule has 1 aliphatic heterocycles. The maximum Gasteiger partial charge on any atom is 0.410 e. The van der Waals surface area contributed by atoms with Crippen LogP contribution < -0.4 is 11.1 Å². The Labute approximate surface area is 197 Å². The van der Waals surface area contributed by atoms with E-state index in [1.165, 1.54) is 23.1 Å². The van der Waals surface area contributed by atoms with Crippen molar-refractivity contribution in [2.24, 2.45) is 5.92 Å². The third kappa shape index (κ3) is 4.25. The highest BCUT2D eigenvalue weighted by Crippen LogP contribution is 2.40. The molecule has 0 spiro atoms. The van der Waals surface area contributed by atoms with E-state index in [1.807, 2.05) is 0 Å². The van der Waals surface area contributed by atoms with Gasteiger partial charge in [-0.05, 0) is 39.0 Å². The fourth-order valence-corrected chi connectivity index (χ4v) is 4.21. The SMILES string of the molecule is CC(C)(C)OC(=O)N1CC(Cn2c(=O)c(=O)[nH]c3c(F)c(-c4c(O)cccc4F)c(Cl)cc32)C1. The van der Waals surface area contributed by atoms with Gasteiger partial charge in [0.25, 0.3) is 0 Å². The Hall–Kier alpha value is -3.40. The summed E-state index contributed by atoms with van der Waals surface area (Å²) in [5.74, 6) is -2.72. The zero-order chi connectivity index (χ0) is 24.9. The first-order valence-electron chi connectivity index (χ1n) is 10.5. The Balaban J connectivity index is 1.73. The van der Waals surface area contributed by atoms with E-state index < -0.39 is 51.3 Å². The summed E-state index contributed by atoms with van der Waals surface area (Å²) in [5.41, 5.74) is -3.89. The zero-order valence-electron chi connectivity index (χ0n) is 18.6. The van der Waals surface area contributed by atoms with Crippen LogP contribution in [0.15, 0.2) is 33.9 Å². The molecule has 1 amide bonds. The Morgan fingerprint density at radius 3 is 2.53 bits per heavy atom. The van der Waals surface area contributed by atoms with Crippen LogP contribution in [0.25, 0.3) is 22.2 Å². The number of amides is 1. The number of aromatic hydroxyl groups is 1. The number of likely N-dealkylation sites (tertiary alicyclic amines) is 1. The Bertz CT molecular complexity index is 1400. The minimum atomic E-state index is -1.09. The topological polar surface area (TPSA) is 105 Å². The molecule has 8 nitrogen and oxygen atoms in total. The number of nitrogens with one attached hydrogen (secondary N) is 1. The van der Waals surface area contributed by atoms with Crippen LogP contribution in [0.2, 0.25) is 5.02 Å². The molecule has 1 fully saturated rings. The first-order chi connectivity index (χ1) is 15.9. The van der Waals surface area contributed by atoms with Crippen LogP contribution in [0.4, 0.5) is 13.6 Å². The predicted octanol–water partition coefficient (Wildman–Crippen LogP) is 3.86. The first-order valence-corrected chi connectivity index (χ1v) is 10.9. The lowest BCUT2D eigenvalue weighted by molar-refractivity contribution is -0.00330. The first kappa shape index (κ1) is 23.7. The Kier molecular flexibility index (Phi) is 5.89. The van der Waals surface area contributed by atoms with Crippen LogP contribution >= 0.6 is 11.6 Å². The van der Waals surface area contributed by atoms with Crippen LogP contribution in [0.1, 0.15) is 20.8 Å². The Morgan fingerprint density at radius 2 is 1.91 bits per heavy atom. The zero-order valence-corrected chi connectivity index (χ0v) is 19.4. The summed E-state index contributed by atoms with van der Waals surface area (Å²) >= 11 is 6.27. The molecule has 4 rings (SSSR count). The minimum Gasteiger partial charge on any atom is -0.507 e. The number of halogens is 3. The van der Waals surface area contributed by atoms with Crippen molar-refractivity contribution in [3.8, 4) is 16.9 Å². The average molecular weight is 494 g/mol. The number of H-pyrrole nitrogens is 1. The number of phenols is 1. The van der Waals surface area contributed by atoms with Crippen molar-refractivity contribution in [1.29, 1.82) is 0 Å². The maximum atomic E-state index is 15.5. The summed E-state index contributed by atoms with van der Waals surface area (Å²) in [4.78, 5) is 40.7. The van der Waals surface area contributed by atoms with Crippen molar-refractivity contribution in [3.05, 3.63) is 61.6 Å². The van der Waals surface area contributed by atoms with Gasteiger partial charge in [0.05, 0.1) is 16.1 Å². The molecule has 0 unspecified atom stereocenters. The van der Waals surface area contributed by atoms with E-state index in [-0.39, 0.29) is 41.6 Å². The highest BCUT2D eigenvalue weighted by molar-refractivity contribution is 6.34. The summed E-state index contributed by atoms with van der Waals surface area (Å²) in [6, 6.07) is 4.70. The lowest BCUT2D eigenvalue weighted by atomic mass is 9.99. The molecule has 2 N–H and O–H groups in total. The van der Waals surface area contributed by atoms with Gasteiger partial charge in [-0.3, -0.25) is 9.59 Å². The molecule has 3 aromatic rings. The number of aromatic amines is 1. The number of phenolic OH excluding ortho intramolecular Hbond substituents is 1. The van der Waals surface area contributed by atoms with Gasteiger partial charge in [0.15, 0.2) is 5.82 Å². The summed E-state index contributed by atoms with van der Waals surface area (Å²) in [6.07, 6.45) is -0.490. The number of benzene rings is 2. The third-order valence-electron chi connectivity index (χ3n) is 5.46. The number of fused-ring (bicyclic) bond motifs is 1. The molecular weight excluding hydrogens is 472 g/mol. The number of ether oxygens (including phenoxy) is 1. The van der Waals surface area contributed by atoms with Gasteiger partial charge < -0.3 is 24.3 Å². The molecule has 2 heterocycles. The number of hydrogen-bond donors (Lipinski definition) is 2. The van der Waals surface area contributed by atoms with Crippen molar-refractivity contribution < 1.29 is 23.4 Å². The van der Waals surface area contributed by atoms with Crippen LogP contribution in [-0.4, -0.2) is 44.3 Å². The van der Waals surface area contributed by atoms with Crippen molar-refractivity contribution >= 4 is 28.7 Å². The van der Waals surface area contributed by atoms with Gasteiger partial charge >= 0.3 is 17.2 Å². The van der Waals surface area contributed by atoms with E-state index in [4.69, 9.17) is 16.3 Å². The van der Waals surface area contributed by atoms with Crippen molar-refractivity contribution in [2.75, 3.05) is 13.1 Å². The number of nitrogens with zero attached hydrogens (tertiary/aromatic N) is 2. The predicted molar refractivity (Wildman–Crippen MR) is 122 cm³/mol. The summed E-state index contributed by atoms with van der Waals surface area (Å²) < 4.78 is 36.3. The smallest absolute Gasteiger partial charge is 0.410 e. The number of hydrogen-bond acceptors (Lipinski definition) is 5. The summed E-state index contributed by atoms with van der Waals surface area (Å²) in [6.45, 7) is 5.84. The standard InChI is InChI=1S/C23H22ClF2N3O5/c1-23(2,3)34-22(33)28-8-11(9-28)10-29-14-7-12(24)16(17-13(25)5-4-6-15(17)30)18(26)19(14)27-20(31)21(29)32/h4-7,11,30H,8-10H2,1-3H3,(H,27,31). The number of aromatic nitrogens is 2. The minimum absolute atomic E-state index is 0.00222. The van der Waals surface area contributed by atoms with Crippen molar-refractivity contribution in [3.63, 3.8) is 0 Å². The second-order valence-electron chi connectivity index (χ2n) is 9.20. The summed E-state index contributed by atoms with van der Waals surface area (Å²) in [7, 11) is 0. The molecule has 1 aromatic heterocycles. The third-order valence-corrected chi connectivity index (χ3v) is 5.76. The number of rotatable bonds is 3. The average Bonchev–Trinajstić information content (AvgIpc) is 2.68. The largest absolute Gasteiger partial charge is 0.507 e. The molecule has 2 aromatic carbocycles. The molecule has 11 heteroatoms. The molecule has 180 valence electrons. The molecule has 1 aliphatic rings. The van der Waals surface area contributed by atoms with Gasteiger partial charge in [-0.2, -0.15) is 0 Å². The van der Waals surface area contributed by atoms with Crippen LogP contribution in [-0.2, 0) is 11.3 Å². The molecule has 0 atom stereocenters. The highest BCUT2D eigenvalue weighted by atomic mass is 35.5. The lowest BCUT2D eigenvalue weighted by Gasteiger charge is -2.40. The van der Waals surface area contributed by atoms with E-state index in [1.54, 1.807) is 20.8 Å². The van der Waals surface area contributed by atoms with Gasteiger partial charge in [-0.1, -0.05) is 17.7 Å².